The van der Waals surface area contributed by atoms with E-state index in [4.69, 9.17) is 0 Å². The molecule has 7 heteroatoms. The minimum Gasteiger partial charge on any atom is -0.340 e. The largest absolute Gasteiger partial charge is 0.340 e. The van der Waals surface area contributed by atoms with Crippen molar-refractivity contribution in [2.75, 3.05) is 16.0 Å². The summed E-state index contributed by atoms with van der Waals surface area (Å²) in [6, 6.07) is 28.7. The molecular weight excluding hydrogens is 436 g/mol. The summed E-state index contributed by atoms with van der Waals surface area (Å²) in [5.41, 5.74) is 5.63. The Morgan fingerprint density at radius 1 is 0.686 bits per heavy atom. The third-order valence-corrected chi connectivity index (χ3v) is 5.41. The Hall–Kier alpha value is -4.78. The summed E-state index contributed by atoms with van der Waals surface area (Å²) in [6.07, 6.45) is 0. The Balaban J connectivity index is 1.26. The normalized spacial score (nSPS) is 10.7. The van der Waals surface area contributed by atoms with Crippen LogP contribution in [0.2, 0.25) is 0 Å². The van der Waals surface area contributed by atoms with Crippen molar-refractivity contribution in [3.8, 4) is 0 Å². The number of carbonyl (C=O) groups excluding carboxylic acids is 1. The molecule has 0 aliphatic carbocycles. The zero-order valence-corrected chi connectivity index (χ0v) is 19.4. The molecule has 0 saturated carbocycles. The quantitative estimate of drug-likeness (QED) is 0.272. The number of pyridine rings is 1. The molecular formula is C28H24N6O. The van der Waals surface area contributed by atoms with Gasteiger partial charge in [0.25, 0.3) is 5.91 Å². The molecule has 0 spiro atoms. The van der Waals surface area contributed by atoms with Crippen molar-refractivity contribution in [2.45, 2.75) is 13.8 Å². The molecule has 0 fully saturated rings. The Morgan fingerprint density at radius 2 is 1.37 bits per heavy atom. The zero-order chi connectivity index (χ0) is 24.2. The summed E-state index contributed by atoms with van der Waals surface area (Å²) in [5, 5.41) is 10.4. The Bertz CT molecular complexity index is 1500. The second-order valence-electron chi connectivity index (χ2n) is 8.25. The summed E-state index contributed by atoms with van der Waals surface area (Å²) in [5.74, 6) is 0.932. The SMILES string of the molecule is Cc1ccc(Nc2nc(C)cc(Nc3ccc(NC(=O)c4ccc5ccccc5n4)cc3)n2)cc1. The van der Waals surface area contributed by atoms with Gasteiger partial charge in [0.2, 0.25) is 5.95 Å². The van der Waals surface area contributed by atoms with Crippen LogP contribution in [0.1, 0.15) is 21.7 Å². The highest BCUT2D eigenvalue weighted by atomic mass is 16.1. The van der Waals surface area contributed by atoms with Gasteiger partial charge in [-0.3, -0.25) is 4.79 Å². The summed E-state index contributed by atoms with van der Waals surface area (Å²) < 4.78 is 0. The lowest BCUT2D eigenvalue weighted by Crippen LogP contribution is -2.13. The molecule has 172 valence electrons. The van der Waals surface area contributed by atoms with Gasteiger partial charge in [0.1, 0.15) is 11.5 Å². The Morgan fingerprint density at radius 3 is 2.17 bits per heavy atom. The van der Waals surface area contributed by atoms with E-state index in [2.05, 4.69) is 30.9 Å². The summed E-state index contributed by atoms with van der Waals surface area (Å²) >= 11 is 0. The van der Waals surface area contributed by atoms with Crippen LogP contribution in [0.25, 0.3) is 10.9 Å². The monoisotopic (exact) mass is 460 g/mol. The van der Waals surface area contributed by atoms with Crippen LogP contribution in [-0.2, 0) is 0 Å². The number of nitrogens with zero attached hydrogens (tertiary/aromatic N) is 3. The lowest BCUT2D eigenvalue weighted by Gasteiger charge is -2.11. The average Bonchev–Trinajstić information content (AvgIpc) is 2.86. The van der Waals surface area contributed by atoms with Crippen LogP contribution in [0.15, 0.2) is 91.0 Å². The number of aromatic nitrogens is 3. The summed E-state index contributed by atoms with van der Waals surface area (Å²) in [4.78, 5) is 26.2. The fraction of sp³-hybridized carbons (Fsp3) is 0.0714. The van der Waals surface area contributed by atoms with Crippen molar-refractivity contribution < 1.29 is 4.79 Å². The highest BCUT2D eigenvalue weighted by Crippen LogP contribution is 2.21. The molecule has 0 atom stereocenters. The van der Waals surface area contributed by atoms with Gasteiger partial charge in [-0.05, 0) is 62.4 Å². The molecule has 35 heavy (non-hydrogen) atoms. The molecule has 0 aliphatic rings. The van der Waals surface area contributed by atoms with Crippen molar-refractivity contribution >= 4 is 45.6 Å². The number of rotatable bonds is 6. The predicted octanol–water partition coefficient (Wildman–Crippen LogP) is 6.38. The first-order valence-corrected chi connectivity index (χ1v) is 11.3. The lowest BCUT2D eigenvalue weighted by molar-refractivity contribution is 0.102. The van der Waals surface area contributed by atoms with E-state index in [1.54, 1.807) is 6.07 Å². The van der Waals surface area contributed by atoms with Crippen molar-refractivity contribution in [3.05, 3.63) is 108 Å². The molecule has 1 amide bonds. The number of aryl methyl sites for hydroxylation is 2. The first-order valence-electron chi connectivity index (χ1n) is 11.3. The van der Waals surface area contributed by atoms with Crippen molar-refractivity contribution in [2.24, 2.45) is 0 Å². The zero-order valence-electron chi connectivity index (χ0n) is 19.4. The van der Waals surface area contributed by atoms with Crippen LogP contribution >= 0.6 is 0 Å². The van der Waals surface area contributed by atoms with Crippen molar-refractivity contribution in [1.82, 2.24) is 15.0 Å². The van der Waals surface area contributed by atoms with Gasteiger partial charge < -0.3 is 16.0 Å². The molecule has 3 N–H and O–H groups in total. The standard InChI is InChI=1S/C28H24N6O/c1-18-7-10-23(11-8-18)32-28-29-19(2)17-26(34-28)30-21-12-14-22(15-13-21)31-27(35)25-16-9-20-5-3-4-6-24(20)33-25/h3-17H,1-2H3,(H,31,35)(H2,29,30,32,34). The maximum absolute atomic E-state index is 12.7. The second-order valence-corrected chi connectivity index (χ2v) is 8.25. The summed E-state index contributed by atoms with van der Waals surface area (Å²) in [7, 11) is 0. The van der Waals surface area contributed by atoms with E-state index < -0.39 is 0 Å². The van der Waals surface area contributed by atoms with Gasteiger partial charge in [0, 0.05) is 34.2 Å². The molecule has 0 aliphatic heterocycles. The molecule has 0 unspecified atom stereocenters. The van der Waals surface area contributed by atoms with E-state index in [-0.39, 0.29) is 5.91 Å². The highest BCUT2D eigenvalue weighted by molar-refractivity contribution is 6.04. The van der Waals surface area contributed by atoms with Gasteiger partial charge in [-0.1, -0.05) is 42.0 Å². The second kappa shape index (κ2) is 9.61. The van der Waals surface area contributed by atoms with Crippen LogP contribution < -0.4 is 16.0 Å². The number of fused-ring (bicyclic) bond motifs is 1. The fourth-order valence-corrected chi connectivity index (χ4v) is 3.63. The maximum atomic E-state index is 12.7. The number of hydrogen-bond acceptors (Lipinski definition) is 6. The fourth-order valence-electron chi connectivity index (χ4n) is 3.63. The van der Waals surface area contributed by atoms with E-state index in [0.29, 0.717) is 23.1 Å². The molecule has 0 radical (unpaired) electrons. The highest BCUT2D eigenvalue weighted by Gasteiger charge is 2.09. The van der Waals surface area contributed by atoms with E-state index in [1.807, 2.05) is 98.8 Å². The van der Waals surface area contributed by atoms with Crippen LogP contribution in [0.4, 0.5) is 28.8 Å². The van der Waals surface area contributed by atoms with Gasteiger partial charge in [0.15, 0.2) is 0 Å². The molecule has 2 heterocycles. The van der Waals surface area contributed by atoms with E-state index >= 15 is 0 Å². The van der Waals surface area contributed by atoms with Crippen LogP contribution in [-0.4, -0.2) is 20.9 Å². The number of anilines is 5. The minimum absolute atomic E-state index is 0.255. The number of hydrogen-bond donors (Lipinski definition) is 3. The van der Waals surface area contributed by atoms with Gasteiger partial charge in [-0.15, -0.1) is 0 Å². The average molecular weight is 461 g/mol. The maximum Gasteiger partial charge on any atom is 0.274 e. The van der Waals surface area contributed by atoms with Crippen molar-refractivity contribution in [3.63, 3.8) is 0 Å². The number of benzene rings is 3. The minimum atomic E-state index is -0.255. The summed E-state index contributed by atoms with van der Waals surface area (Å²) in [6.45, 7) is 3.97. The topological polar surface area (TPSA) is 91.8 Å². The lowest BCUT2D eigenvalue weighted by atomic mass is 10.2. The molecule has 0 bridgehead atoms. The molecule has 0 saturated heterocycles. The van der Waals surface area contributed by atoms with E-state index in [0.717, 1.165) is 28.0 Å². The third-order valence-electron chi connectivity index (χ3n) is 5.41. The third kappa shape index (κ3) is 5.42. The molecule has 5 aromatic rings. The Labute approximate surface area is 203 Å². The predicted molar refractivity (Wildman–Crippen MR) is 141 cm³/mol. The number of nitrogens with one attached hydrogen (secondary N) is 3. The Kier molecular flexibility index (Phi) is 6.05. The van der Waals surface area contributed by atoms with Crippen molar-refractivity contribution in [1.29, 1.82) is 0 Å². The molecule has 3 aromatic carbocycles. The molecule has 7 nitrogen and oxygen atoms in total. The van der Waals surface area contributed by atoms with Gasteiger partial charge in [0.05, 0.1) is 5.52 Å². The smallest absolute Gasteiger partial charge is 0.274 e. The number of amides is 1. The van der Waals surface area contributed by atoms with Crippen LogP contribution in [0, 0.1) is 13.8 Å². The molecule has 5 rings (SSSR count). The van der Waals surface area contributed by atoms with Gasteiger partial charge in [-0.2, -0.15) is 4.98 Å². The van der Waals surface area contributed by atoms with Gasteiger partial charge in [-0.25, -0.2) is 9.97 Å². The van der Waals surface area contributed by atoms with Crippen LogP contribution in [0.3, 0.4) is 0 Å². The molecule has 2 aromatic heterocycles. The van der Waals surface area contributed by atoms with E-state index in [1.165, 1.54) is 5.56 Å². The first kappa shape index (κ1) is 22.0. The first-order chi connectivity index (χ1) is 17.0. The van der Waals surface area contributed by atoms with E-state index in [9.17, 15) is 4.79 Å². The number of para-hydroxylation sites is 1. The van der Waals surface area contributed by atoms with Crippen LogP contribution in [0.5, 0.6) is 0 Å². The number of carbonyl (C=O) groups is 1. The van der Waals surface area contributed by atoms with Gasteiger partial charge >= 0.3 is 0 Å².